The van der Waals surface area contributed by atoms with Gasteiger partial charge in [0.2, 0.25) is 5.43 Å². The summed E-state index contributed by atoms with van der Waals surface area (Å²) in [5.74, 6) is -4.05. The van der Waals surface area contributed by atoms with Crippen LogP contribution in [-0.2, 0) is 11.3 Å². The maximum atomic E-state index is 14.0. The van der Waals surface area contributed by atoms with Gasteiger partial charge in [-0.3, -0.25) is 14.4 Å². The number of hydrogen-bond donors (Lipinski definition) is 3. The van der Waals surface area contributed by atoms with E-state index in [9.17, 15) is 28.3 Å². The van der Waals surface area contributed by atoms with Gasteiger partial charge < -0.3 is 25.0 Å². The number of ether oxygens (including phenoxy) is 1. The first-order valence-corrected chi connectivity index (χ1v) is 9.37. The molecule has 2 aliphatic rings. The number of hydrogen-bond acceptors (Lipinski definition) is 5. The summed E-state index contributed by atoms with van der Waals surface area (Å²) in [6.45, 7) is 1.72. The Morgan fingerprint density at radius 2 is 2.03 bits per heavy atom. The minimum Gasteiger partial charge on any atom is -0.503 e. The Labute approximate surface area is 169 Å². The quantitative estimate of drug-likeness (QED) is 0.691. The molecule has 3 N–H and O–H groups in total. The summed E-state index contributed by atoms with van der Waals surface area (Å²) in [4.78, 5) is 37.4. The highest BCUT2D eigenvalue weighted by Crippen LogP contribution is 2.30. The van der Waals surface area contributed by atoms with Crippen molar-refractivity contribution in [2.45, 2.75) is 32.0 Å². The topological polar surface area (TPSA) is 110 Å². The number of halogens is 2. The molecule has 30 heavy (non-hydrogen) atoms. The Morgan fingerprint density at radius 3 is 2.73 bits per heavy atom. The van der Waals surface area contributed by atoms with E-state index < -0.39 is 46.7 Å². The first kappa shape index (κ1) is 20.0. The summed E-state index contributed by atoms with van der Waals surface area (Å²) in [7, 11) is 0. The second-order valence-electron chi connectivity index (χ2n) is 7.38. The molecular weight excluding hydrogens is 400 g/mol. The molecule has 1 aromatic heterocycles. The lowest BCUT2D eigenvalue weighted by molar-refractivity contribution is 0.0290. The summed E-state index contributed by atoms with van der Waals surface area (Å²) < 4.78 is 34.8. The third kappa shape index (κ3) is 3.32. The van der Waals surface area contributed by atoms with Crippen LogP contribution >= 0.6 is 0 Å². The first-order chi connectivity index (χ1) is 14.3. The Balaban J connectivity index is 1.67. The molecule has 158 valence electrons. The summed E-state index contributed by atoms with van der Waals surface area (Å²) >= 11 is 0. The summed E-state index contributed by atoms with van der Waals surface area (Å²) in [5, 5.41) is 15.3. The molecule has 1 saturated heterocycles. The molecule has 2 aromatic rings. The van der Waals surface area contributed by atoms with Gasteiger partial charge in [0.15, 0.2) is 11.4 Å². The zero-order valence-electron chi connectivity index (χ0n) is 16.0. The predicted molar refractivity (Wildman–Crippen MR) is 100 cm³/mol. The Kier molecular flexibility index (Phi) is 5.02. The number of pyridine rings is 1. The number of aryl methyl sites for hydroxylation is 1. The van der Waals surface area contributed by atoms with Crippen LogP contribution in [0.2, 0.25) is 0 Å². The van der Waals surface area contributed by atoms with Gasteiger partial charge in [0.05, 0.1) is 18.7 Å². The Hall–Kier alpha value is -3.27. The molecule has 2 atom stereocenters. The van der Waals surface area contributed by atoms with Crippen LogP contribution in [0.1, 0.15) is 44.4 Å². The molecule has 4 rings (SSSR count). The molecule has 1 fully saturated rings. The van der Waals surface area contributed by atoms with Crippen LogP contribution in [-0.4, -0.2) is 40.7 Å². The average molecular weight is 419 g/mol. The Morgan fingerprint density at radius 1 is 1.33 bits per heavy atom. The number of nitrogens with zero attached hydrogens (tertiary/aromatic N) is 1. The number of amides is 2. The highest BCUT2D eigenvalue weighted by Gasteiger charge is 2.38. The van der Waals surface area contributed by atoms with Crippen LogP contribution in [0.25, 0.3) is 0 Å². The van der Waals surface area contributed by atoms with E-state index in [0.29, 0.717) is 18.6 Å². The lowest BCUT2D eigenvalue weighted by atomic mass is 9.98. The molecule has 0 bridgehead atoms. The normalized spacial score (nSPS) is 20.2. The number of fused-ring (bicyclic) bond motifs is 3. The number of aromatic hydroxyl groups is 1. The van der Waals surface area contributed by atoms with Crippen molar-refractivity contribution >= 4 is 11.8 Å². The van der Waals surface area contributed by atoms with E-state index in [1.807, 2.05) is 0 Å². The number of aromatic nitrogens is 1. The molecule has 10 heteroatoms. The third-order valence-corrected chi connectivity index (χ3v) is 5.37. The molecule has 0 saturated carbocycles. The van der Waals surface area contributed by atoms with Crippen molar-refractivity contribution in [3.63, 3.8) is 0 Å². The summed E-state index contributed by atoms with van der Waals surface area (Å²) in [6, 6.07) is 1.59. The lowest BCUT2D eigenvalue weighted by Crippen LogP contribution is -2.53. The molecule has 1 aromatic carbocycles. The molecular formula is C20H19F2N3O5. The Bertz CT molecular complexity index is 1090. The van der Waals surface area contributed by atoms with Gasteiger partial charge in [0.25, 0.3) is 11.8 Å². The third-order valence-electron chi connectivity index (χ3n) is 5.37. The SMILES string of the molecule is Cc1cc(F)c(CNC(=O)c2cn3c(c(O)c2=O)C(=O)N[C@H]2COCC[C@H]23)c(F)c1. The summed E-state index contributed by atoms with van der Waals surface area (Å²) in [6.07, 6.45) is 1.71. The second kappa shape index (κ2) is 7.52. The van der Waals surface area contributed by atoms with Crippen LogP contribution < -0.4 is 16.1 Å². The van der Waals surface area contributed by atoms with E-state index >= 15 is 0 Å². The van der Waals surface area contributed by atoms with Gasteiger partial charge in [-0.25, -0.2) is 8.78 Å². The molecule has 8 nitrogen and oxygen atoms in total. The van der Waals surface area contributed by atoms with Crippen LogP contribution in [0.5, 0.6) is 5.75 Å². The van der Waals surface area contributed by atoms with Crippen molar-refractivity contribution in [2.24, 2.45) is 0 Å². The number of nitrogens with one attached hydrogen (secondary N) is 2. The number of benzene rings is 1. The van der Waals surface area contributed by atoms with Crippen molar-refractivity contribution in [3.05, 3.63) is 62.6 Å². The fourth-order valence-corrected chi connectivity index (χ4v) is 3.86. The van der Waals surface area contributed by atoms with Gasteiger partial charge in [0.1, 0.15) is 17.2 Å². The van der Waals surface area contributed by atoms with Gasteiger partial charge >= 0.3 is 0 Å². The van der Waals surface area contributed by atoms with Gasteiger partial charge in [0, 0.05) is 24.9 Å². The minimum atomic E-state index is -1.04. The van der Waals surface area contributed by atoms with E-state index in [1.54, 1.807) is 0 Å². The molecule has 2 aliphatic heterocycles. The lowest BCUT2D eigenvalue weighted by Gasteiger charge is -2.39. The van der Waals surface area contributed by atoms with E-state index in [-0.39, 0.29) is 29.9 Å². The zero-order valence-corrected chi connectivity index (χ0v) is 16.0. The molecule has 3 heterocycles. The van der Waals surface area contributed by atoms with E-state index in [2.05, 4.69) is 10.6 Å². The standard InChI is InChI=1S/C20H19F2N3O5/c1-9-4-12(21)10(13(22)5-9)6-23-19(28)11-7-25-15-2-3-30-8-14(15)24-20(29)16(25)18(27)17(11)26/h4-5,7,14-15,27H,2-3,6,8H2,1H3,(H,23,28)(H,24,29)/t14-,15+/m0/s1. The van der Waals surface area contributed by atoms with Gasteiger partial charge in [-0.05, 0) is 31.0 Å². The van der Waals surface area contributed by atoms with Crippen molar-refractivity contribution in [1.82, 2.24) is 15.2 Å². The van der Waals surface area contributed by atoms with Crippen molar-refractivity contribution in [2.75, 3.05) is 13.2 Å². The van der Waals surface area contributed by atoms with Crippen LogP contribution in [0, 0.1) is 18.6 Å². The maximum Gasteiger partial charge on any atom is 0.272 e. The highest BCUT2D eigenvalue weighted by molar-refractivity contribution is 5.99. The first-order valence-electron chi connectivity index (χ1n) is 9.37. The van der Waals surface area contributed by atoms with Gasteiger partial charge in [-0.2, -0.15) is 0 Å². The van der Waals surface area contributed by atoms with Crippen molar-refractivity contribution in [1.29, 1.82) is 0 Å². The van der Waals surface area contributed by atoms with E-state index in [4.69, 9.17) is 4.74 Å². The smallest absolute Gasteiger partial charge is 0.272 e. The fourth-order valence-electron chi connectivity index (χ4n) is 3.86. The number of carbonyl (C=O) groups is 2. The zero-order chi connectivity index (χ0) is 21.6. The molecule has 0 spiro atoms. The van der Waals surface area contributed by atoms with Crippen molar-refractivity contribution < 1.29 is 28.2 Å². The maximum absolute atomic E-state index is 14.0. The van der Waals surface area contributed by atoms with Crippen molar-refractivity contribution in [3.8, 4) is 5.75 Å². The minimum absolute atomic E-state index is 0.227. The van der Waals surface area contributed by atoms with Gasteiger partial charge in [-0.15, -0.1) is 0 Å². The monoisotopic (exact) mass is 419 g/mol. The number of rotatable bonds is 3. The summed E-state index contributed by atoms with van der Waals surface area (Å²) in [5.41, 5.74) is -1.65. The average Bonchev–Trinajstić information content (AvgIpc) is 2.69. The highest BCUT2D eigenvalue weighted by atomic mass is 19.1. The van der Waals surface area contributed by atoms with Crippen LogP contribution in [0.15, 0.2) is 23.1 Å². The molecule has 0 unspecified atom stereocenters. The largest absolute Gasteiger partial charge is 0.503 e. The van der Waals surface area contributed by atoms with E-state index in [0.717, 1.165) is 12.1 Å². The molecule has 0 aliphatic carbocycles. The van der Waals surface area contributed by atoms with Crippen LogP contribution in [0.4, 0.5) is 8.78 Å². The van der Waals surface area contributed by atoms with E-state index in [1.165, 1.54) is 17.7 Å². The fraction of sp³-hybridized carbons (Fsp3) is 0.350. The number of carbonyl (C=O) groups excluding carboxylic acids is 2. The van der Waals surface area contributed by atoms with Crippen LogP contribution in [0.3, 0.4) is 0 Å². The molecule has 2 amide bonds. The molecule has 0 radical (unpaired) electrons. The predicted octanol–water partition coefficient (Wildman–Crippen LogP) is 1.14. The second-order valence-corrected chi connectivity index (χ2v) is 7.38. The van der Waals surface area contributed by atoms with Gasteiger partial charge in [-0.1, -0.05) is 0 Å².